The second-order valence-corrected chi connectivity index (χ2v) is 6.43. The molecule has 1 unspecified atom stereocenters. The molecule has 0 bridgehead atoms. The number of halogens is 1. The minimum Gasteiger partial charge on any atom is -0.491 e. The highest BCUT2D eigenvalue weighted by Gasteiger charge is 2.06. The Balaban J connectivity index is 1.80. The molecule has 2 aromatic rings. The SMILES string of the molecule is Cc1cc(C)cc(OCC(O)CNc2cccc(I)c2)c1. The summed E-state index contributed by atoms with van der Waals surface area (Å²) in [6.45, 7) is 4.81. The van der Waals surface area contributed by atoms with Crippen LogP contribution in [-0.2, 0) is 0 Å². The number of ether oxygens (including phenoxy) is 1. The van der Waals surface area contributed by atoms with E-state index >= 15 is 0 Å². The zero-order valence-corrected chi connectivity index (χ0v) is 14.4. The van der Waals surface area contributed by atoms with Gasteiger partial charge in [-0.2, -0.15) is 0 Å². The summed E-state index contributed by atoms with van der Waals surface area (Å²) in [5.41, 5.74) is 3.33. The molecule has 0 aliphatic carbocycles. The maximum atomic E-state index is 9.99. The van der Waals surface area contributed by atoms with Crippen LogP contribution in [0.1, 0.15) is 11.1 Å². The molecule has 0 aromatic heterocycles. The summed E-state index contributed by atoms with van der Waals surface area (Å²) >= 11 is 2.27. The van der Waals surface area contributed by atoms with Crippen molar-refractivity contribution in [2.75, 3.05) is 18.5 Å². The molecule has 2 aromatic carbocycles. The molecule has 0 radical (unpaired) electrons. The average Bonchev–Trinajstić information content (AvgIpc) is 2.42. The van der Waals surface area contributed by atoms with Gasteiger partial charge in [0, 0.05) is 15.8 Å². The summed E-state index contributed by atoms with van der Waals surface area (Å²) in [4.78, 5) is 0. The molecule has 112 valence electrons. The topological polar surface area (TPSA) is 41.5 Å². The summed E-state index contributed by atoms with van der Waals surface area (Å²) in [5.74, 6) is 0.806. The van der Waals surface area contributed by atoms with E-state index in [-0.39, 0.29) is 6.61 Å². The van der Waals surface area contributed by atoms with E-state index < -0.39 is 6.10 Å². The molecular weight excluding hydrogens is 377 g/mol. The summed E-state index contributed by atoms with van der Waals surface area (Å²) < 4.78 is 6.82. The van der Waals surface area contributed by atoms with E-state index in [1.165, 1.54) is 3.57 Å². The minimum absolute atomic E-state index is 0.278. The Morgan fingerprint density at radius 2 is 1.86 bits per heavy atom. The summed E-state index contributed by atoms with van der Waals surface area (Å²) in [6.07, 6.45) is -0.552. The van der Waals surface area contributed by atoms with Gasteiger partial charge < -0.3 is 15.2 Å². The van der Waals surface area contributed by atoms with Crippen LogP contribution in [0.3, 0.4) is 0 Å². The van der Waals surface area contributed by atoms with E-state index in [1.54, 1.807) is 0 Å². The van der Waals surface area contributed by atoms with Crippen LogP contribution in [0.2, 0.25) is 0 Å². The third-order valence-corrected chi connectivity index (χ3v) is 3.68. The molecule has 3 nitrogen and oxygen atoms in total. The van der Waals surface area contributed by atoms with Crippen LogP contribution >= 0.6 is 22.6 Å². The molecule has 0 fully saturated rings. The first kappa shape index (κ1) is 16.1. The van der Waals surface area contributed by atoms with Gasteiger partial charge in [0.1, 0.15) is 18.5 Å². The molecule has 0 aliphatic rings. The molecule has 0 heterocycles. The van der Waals surface area contributed by atoms with Crippen LogP contribution in [0.15, 0.2) is 42.5 Å². The first-order valence-electron chi connectivity index (χ1n) is 6.91. The van der Waals surface area contributed by atoms with Crippen molar-refractivity contribution in [1.82, 2.24) is 0 Å². The maximum absolute atomic E-state index is 9.99. The van der Waals surface area contributed by atoms with Gasteiger partial charge in [0.15, 0.2) is 0 Å². The van der Waals surface area contributed by atoms with Gasteiger partial charge in [-0.25, -0.2) is 0 Å². The number of benzene rings is 2. The number of aryl methyl sites for hydroxylation is 2. The Morgan fingerprint density at radius 1 is 1.14 bits per heavy atom. The Bertz CT molecular complexity index is 581. The molecule has 2 rings (SSSR count). The molecule has 0 spiro atoms. The monoisotopic (exact) mass is 397 g/mol. The number of aliphatic hydroxyl groups is 1. The standard InChI is InChI=1S/C17H20INO2/c1-12-6-13(2)8-17(7-12)21-11-16(20)10-19-15-5-3-4-14(18)9-15/h3-9,16,19-20H,10-11H2,1-2H3. The van der Waals surface area contributed by atoms with Gasteiger partial charge in [-0.05, 0) is 77.9 Å². The van der Waals surface area contributed by atoms with Gasteiger partial charge in [-0.3, -0.25) is 0 Å². The second kappa shape index (κ2) is 7.66. The molecule has 0 amide bonds. The predicted molar refractivity (Wildman–Crippen MR) is 95.1 cm³/mol. The maximum Gasteiger partial charge on any atom is 0.119 e. The molecule has 2 N–H and O–H groups in total. The van der Waals surface area contributed by atoms with E-state index in [0.717, 1.165) is 22.6 Å². The summed E-state index contributed by atoms with van der Waals surface area (Å²) in [5, 5.41) is 13.2. The molecule has 1 atom stereocenters. The van der Waals surface area contributed by atoms with Crippen LogP contribution in [0.4, 0.5) is 5.69 Å². The lowest BCUT2D eigenvalue weighted by Gasteiger charge is -2.15. The van der Waals surface area contributed by atoms with Crippen LogP contribution in [0.5, 0.6) is 5.75 Å². The first-order valence-corrected chi connectivity index (χ1v) is 7.99. The van der Waals surface area contributed by atoms with E-state index in [4.69, 9.17) is 4.74 Å². The third-order valence-electron chi connectivity index (χ3n) is 3.00. The van der Waals surface area contributed by atoms with E-state index in [2.05, 4.69) is 34.0 Å². The fraction of sp³-hybridized carbons (Fsp3) is 0.294. The number of anilines is 1. The van der Waals surface area contributed by atoms with Crippen molar-refractivity contribution in [2.45, 2.75) is 20.0 Å². The fourth-order valence-corrected chi connectivity index (χ4v) is 2.64. The van der Waals surface area contributed by atoms with Gasteiger partial charge in [0.05, 0.1) is 0 Å². The number of hydrogen-bond acceptors (Lipinski definition) is 3. The largest absolute Gasteiger partial charge is 0.491 e. The second-order valence-electron chi connectivity index (χ2n) is 5.18. The van der Waals surface area contributed by atoms with Gasteiger partial charge in [-0.1, -0.05) is 12.1 Å². The van der Waals surface area contributed by atoms with E-state index in [9.17, 15) is 5.11 Å². The van der Waals surface area contributed by atoms with Gasteiger partial charge in [0.2, 0.25) is 0 Å². The Labute approximate surface area is 139 Å². The van der Waals surface area contributed by atoms with Crippen molar-refractivity contribution in [3.05, 3.63) is 57.2 Å². The van der Waals surface area contributed by atoms with Crippen molar-refractivity contribution < 1.29 is 9.84 Å². The van der Waals surface area contributed by atoms with Crippen LogP contribution in [-0.4, -0.2) is 24.4 Å². The molecule has 0 saturated carbocycles. The van der Waals surface area contributed by atoms with Gasteiger partial charge >= 0.3 is 0 Å². The zero-order valence-electron chi connectivity index (χ0n) is 12.3. The van der Waals surface area contributed by atoms with E-state index in [0.29, 0.717) is 6.54 Å². The lowest BCUT2D eigenvalue weighted by Crippen LogP contribution is -2.26. The lowest BCUT2D eigenvalue weighted by molar-refractivity contribution is 0.117. The number of hydrogen-bond donors (Lipinski definition) is 2. The summed E-state index contributed by atoms with van der Waals surface area (Å²) in [6, 6.07) is 14.1. The van der Waals surface area contributed by atoms with Gasteiger partial charge in [0.25, 0.3) is 0 Å². The quantitative estimate of drug-likeness (QED) is 0.730. The van der Waals surface area contributed by atoms with Crippen molar-refractivity contribution >= 4 is 28.3 Å². The van der Waals surface area contributed by atoms with Crippen LogP contribution in [0, 0.1) is 17.4 Å². The van der Waals surface area contributed by atoms with E-state index in [1.807, 2.05) is 50.2 Å². The number of rotatable bonds is 6. The molecule has 4 heteroatoms. The van der Waals surface area contributed by atoms with Crippen molar-refractivity contribution in [3.63, 3.8) is 0 Å². The first-order chi connectivity index (χ1) is 10.0. The van der Waals surface area contributed by atoms with Crippen molar-refractivity contribution in [3.8, 4) is 5.75 Å². The third kappa shape index (κ3) is 5.55. The molecule has 0 saturated heterocycles. The fourth-order valence-electron chi connectivity index (χ4n) is 2.10. The highest BCUT2D eigenvalue weighted by molar-refractivity contribution is 14.1. The molecular formula is C17H20INO2. The highest BCUT2D eigenvalue weighted by Crippen LogP contribution is 2.16. The normalized spacial score (nSPS) is 12.0. The van der Waals surface area contributed by atoms with Crippen LogP contribution < -0.4 is 10.1 Å². The smallest absolute Gasteiger partial charge is 0.119 e. The average molecular weight is 397 g/mol. The van der Waals surface area contributed by atoms with Crippen molar-refractivity contribution in [2.24, 2.45) is 0 Å². The predicted octanol–water partition coefficient (Wildman–Crippen LogP) is 3.76. The molecule has 21 heavy (non-hydrogen) atoms. The van der Waals surface area contributed by atoms with Gasteiger partial charge in [-0.15, -0.1) is 0 Å². The number of nitrogens with one attached hydrogen (secondary N) is 1. The minimum atomic E-state index is -0.552. The Kier molecular flexibility index (Phi) is 5.87. The van der Waals surface area contributed by atoms with Crippen molar-refractivity contribution in [1.29, 1.82) is 0 Å². The number of aliphatic hydroxyl groups excluding tert-OH is 1. The Morgan fingerprint density at radius 3 is 2.52 bits per heavy atom. The zero-order chi connectivity index (χ0) is 15.2. The highest BCUT2D eigenvalue weighted by atomic mass is 127. The molecule has 0 aliphatic heterocycles. The Hall–Kier alpha value is -1.27. The summed E-state index contributed by atoms with van der Waals surface area (Å²) in [7, 11) is 0. The lowest BCUT2D eigenvalue weighted by atomic mass is 10.1. The van der Waals surface area contributed by atoms with Crippen LogP contribution in [0.25, 0.3) is 0 Å².